The summed E-state index contributed by atoms with van der Waals surface area (Å²) in [6, 6.07) is 9.29. The summed E-state index contributed by atoms with van der Waals surface area (Å²) < 4.78 is 6.68. The van der Waals surface area contributed by atoms with Gasteiger partial charge in [0.05, 0.1) is 18.4 Å². The average Bonchev–Trinajstić information content (AvgIpc) is 2.78. The number of nitrogens with zero attached hydrogens (tertiary/aromatic N) is 1. The maximum atomic E-state index is 11.7. The Morgan fingerprint density at radius 1 is 1.33 bits per heavy atom. The number of methoxy groups -OCH3 is 1. The minimum atomic E-state index is -0.347. The maximum Gasteiger partial charge on any atom is 0.339 e. The zero-order valence-electron chi connectivity index (χ0n) is 10.5. The topological polar surface area (TPSA) is 31.2 Å². The fourth-order valence-corrected chi connectivity index (χ4v) is 1.93. The number of carbonyl (C=O) groups excluding carboxylic acids is 1. The predicted molar refractivity (Wildman–Crippen MR) is 72.0 cm³/mol. The molecule has 1 aromatic carbocycles. The molecule has 0 spiro atoms. The molecule has 1 aromatic heterocycles. The van der Waals surface area contributed by atoms with Gasteiger partial charge in [-0.1, -0.05) is 24.8 Å². The summed E-state index contributed by atoms with van der Waals surface area (Å²) in [6.45, 7) is 5.99. The lowest BCUT2D eigenvalue weighted by atomic mass is 10.2. The summed E-state index contributed by atoms with van der Waals surface area (Å²) in [5.74, 6) is -0.347. The van der Waals surface area contributed by atoms with Crippen LogP contribution in [0.2, 0.25) is 0 Å². The molecule has 2 rings (SSSR count). The van der Waals surface area contributed by atoms with Crippen LogP contribution in [0.25, 0.3) is 18.3 Å². The molecule has 0 amide bonds. The number of benzene rings is 1. The number of para-hydroxylation sites is 1. The second-order valence-corrected chi connectivity index (χ2v) is 3.89. The first-order chi connectivity index (χ1) is 8.69. The van der Waals surface area contributed by atoms with E-state index in [4.69, 9.17) is 4.74 Å². The first-order valence-electron chi connectivity index (χ1n) is 5.69. The molecule has 0 fully saturated rings. The molecule has 18 heavy (non-hydrogen) atoms. The van der Waals surface area contributed by atoms with E-state index in [0.717, 1.165) is 16.3 Å². The quantitative estimate of drug-likeness (QED) is 0.746. The molecule has 3 heteroatoms. The highest BCUT2D eigenvalue weighted by molar-refractivity contribution is 5.93. The van der Waals surface area contributed by atoms with E-state index in [1.165, 1.54) is 7.11 Å². The molecule has 0 aliphatic rings. The van der Waals surface area contributed by atoms with Gasteiger partial charge in [-0.15, -0.1) is 0 Å². The molecule has 0 atom stereocenters. The summed E-state index contributed by atoms with van der Waals surface area (Å²) >= 11 is 0. The Morgan fingerprint density at radius 2 is 2.06 bits per heavy atom. The molecule has 0 bridgehead atoms. The van der Waals surface area contributed by atoms with E-state index in [-0.39, 0.29) is 5.97 Å². The Morgan fingerprint density at radius 3 is 2.67 bits per heavy atom. The van der Waals surface area contributed by atoms with Crippen molar-refractivity contribution in [3.63, 3.8) is 0 Å². The van der Waals surface area contributed by atoms with E-state index in [0.29, 0.717) is 5.56 Å². The second kappa shape index (κ2) is 4.92. The number of carbonyl (C=O) groups is 1. The first kappa shape index (κ1) is 12.2. The highest BCUT2D eigenvalue weighted by Gasteiger charge is 2.12. The third-order valence-corrected chi connectivity index (χ3v) is 2.91. The SMILES string of the molecule is C=c1/c(=C\C)ccn1-c1ccccc1C(=O)OC. The number of esters is 1. The summed E-state index contributed by atoms with van der Waals surface area (Å²) in [7, 11) is 1.38. The normalized spacial score (nSPS) is 11.6. The lowest BCUT2D eigenvalue weighted by Gasteiger charge is -2.09. The fourth-order valence-electron chi connectivity index (χ4n) is 1.93. The van der Waals surface area contributed by atoms with E-state index in [9.17, 15) is 4.79 Å². The number of hydrogen-bond acceptors (Lipinski definition) is 2. The molecule has 0 aliphatic heterocycles. The molecular weight excluding hydrogens is 226 g/mol. The molecule has 3 nitrogen and oxygen atoms in total. The monoisotopic (exact) mass is 241 g/mol. The van der Waals surface area contributed by atoms with Crippen molar-refractivity contribution in [3.05, 3.63) is 52.7 Å². The number of aromatic nitrogens is 1. The van der Waals surface area contributed by atoms with Gasteiger partial charge in [0.25, 0.3) is 0 Å². The van der Waals surface area contributed by atoms with Crippen LogP contribution in [-0.2, 0) is 4.74 Å². The second-order valence-electron chi connectivity index (χ2n) is 3.89. The Bertz CT molecular complexity index is 683. The average molecular weight is 241 g/mol. The molecule has 0 unspecified atom stereocenters. The molecule has 0 saturated carbocycles. The van der Waals surface area contributed by atoms with Gasteiger partial charge in [0.2, 0.25) is 0 Å². The van der Waals surface area contributed by atoms with Crippen LogP contribution >= 0.6 is 0 Å². The molecule has 0 radical (unpaired) electrons. The Hall–Kier alpha value is -2.29. The summed E-state index contributed by atoms with van der Waals surface area (Å²) in [5, 5.41) is 1.91. The minimum Gasteiger partial charge on any atom is -0.465 e. The lowest BCUT2D eigenvalue weighted by molar-refractivity contribution is 0.0600. The van der Waals surface area contributed by atoms with E-state index >= 15 is 0 Å². The fraction of sp³-hybridized carbons (Fsp3) is 0.133. The van der Waals surface area contributed by atoms with Gasteiger partial charge < -0.3 is 9.30 Å². The van der Waals surface area contributed by atoms with Gasteiger partial charge in [-0.2, -0.15) is 0 Å². The minimum absolute atomic E-state index is 0.347. The number of hydrogen-bond donors (Lipinski definition) is 0. The van der Waals surface area contributed by atoms with Crippen LogP contribution in [0.15, 0.2) is 36.5 Å². The van der Waals surface area contributed by atoms with Crippen molar-refractivity contribution in [1.29, 1.82) is 0 Å². The Balaban J connectivity index is 2.68. The predicted octanol–water partition coefficient (Wildman–Crippen LogP) is 1.47. The molecule has 0 N–H and O–H groups in total. The Kier molecular flexibility index (Phi) is 3.33. The van der Waals surface area contributed by atoms with Crippen LogP contribution in [0.3, 0.4) is 0 Å². The van der Waals surface area contributed by atoms with Crippen molar-refractivity contribution in [3.8, 4) is 5.69 Å². The van der Waals surface area contributed by atoms with Gasteiger partial charge in [0.15, 0.2) is 0 Å². The van der Waals surface area contributed by atoms with Gasteiger partial charge >= 0.3 is 5.97 Å². The molecular formula is C15H15NO2. The van der Waals surface area contributed by atoms with Crippen molar-refractivity contribution in [2.45, 2.75) is 6.92 Å². The highest BCUT2D eigenvalue weighted by atomic mass is 16.5. The van der Waals surface area contributed by atoms with Crippen molar-refractivity contribution < 1.29 is 9.53 Å². The van der Waals surface area contributed by atoms with Crippen LogP contribution in [-0.4, -0.2) is 17.6 Å². The summed E-state index contributed by atoms with van der Waals surface area (Å²) in [5.41, 5.74) is 1.31. The van der Waals surface area contributed by atoms with Gasteiger partial charge in [-0.25, -0.2) is 4.79 Å². The zero-order chi connectivity index (χ0) is 13.1. The molecule has 0 saturated heterocycles. The zero-order valence-corrected chi connectivity index (χ0v) is 10.5. The van der Waals surface area contributed by atoms with E-state index in [2.05, 4.69) is 6.58 Å². The van der Waals surface area contributed by atoms with E-state index in [1.807, 2.05) is 48.0 Å². The third kappa shape index (κ3) is 1.95. The van der Waals surface area contributed by atoms with E-state index in [1.54, 1.807) is 6.07 Å². The van der Waals surface area contributed by atoms with Gasteiger partial charge in [0, 0.05) is 11.5 Å². The van der Waals surface area contributed by atoms with Crippen LogP contribution in [0.5, 0.6) is 0 Å². The summed E-state index contributed by atoms with van der Waals surface area (Å²) in [6.07, 6.45) is 3.89. The van der Waals surface area contributed by atoms with Crippen LogP contribution in [0.4, 0.5) is 0 Å². The number of ether oxygens (including phenoxy) is 1. The van der Waals surface area contributed by atoms with Crippen molar-refractivity contribution in [1.82, 2.24) is 4.57 Å². The Labute approximate surface area is 106 Å². The van der Waals surface area contributed by atoms with Crippen LogP contribution in [0, 0.1) is 0 Å². The van der Waals surface area contributed by atoms with Crippen molar-refractivity contribution in [2.75, 3.05) is 7.11 Å². The lowest BCUT2D eigenvalue weighted by Crippen LogP contribution is -2.27. The van der Waals surface area contributed by atoms with Gasteiger partial charge in [0.1, 0.15) is 0 Å². The maximum absolute atomic E-state index is 11.7. The molecule has 1 heterocycles. The smallest absolute Gasteiger partial charge is 0.339 e. The molecule has 2 aromatic rings. The van der Waals surface area contributed by atoms with Crippen LogP contribution < -0.4 is 10.6 Å². The summed E-state index contributed by atoms with van der Waals surface area (Å²) in [4.78, 5) is 11.7. The molecule has 0 aliphatic carbocycles. The van der Waals surface area contributed by atoms with Crippen molar-refractivity contribution in [2.24, 2.45) is 0 Å². The van der Waals surface area contributed by atoms with E-state index < -0.39 is 0 Å². The van der Waals surface area contributed by atoms with Gasteiger partial charge in [-0.3, -0.25) is 0 Å². The van der Waals surface area contributed by atoms with Crippen molar-refractivity contribution >= 4 is 18.6 Å². The standard InChI is InChI=1S/C15H15NO2/c1-4-12-9-10-16(11(12)2)14-8-6-5-7-13(14)15(17)18-3/h4-10H,2H2,1,3H3/b12-4-. The van der Waals surface area contributed by atoms with Gasteiger partial charge in [-0.05, 0) is 30.3 Å². The van der Waals surface area contributed by atoms with Crippen LogP contribution in [0.1, 0.15) is 17.3 Å². The number of rotatable bonds is 2. The first-order valence-corrected chi connectivity index (χ1v) is 5.69. The third-order valence-electron chi connectivity index (χ3n) is 2.91. The largest absolute Gasteiger partial charge is 0.465 e. The molecule has 92 valence electrons. The highest BCUT2D eigenvalue weighted by Crippen LogP contribution is 2.13.